The van der Waals surface area contributed by atoms with Gasteiger partial charge >= 0.3 is 0 Å². The molecule has 2 aliphatic rings. The Labute approximate surface area is 121 Å². The van der Waals surface area contributed by atoms with Crippen molar-refractivity contribution in [3.63, 3.8) is 0 Å². The Morgan fingerprint density at radius 1 is 1.40 bits per heavy atom. The number of hydrogen-bond donors (Lipinski definition) is 1. The molecule has 0 aromatic carbocycles. The predicted molar refractivity (Wildman–Crippen MR) is 80.9 cm³/mol. The van der Waals surface area contributed by atoms with Crippen molar-refractivity contribution in [3.05, 3.63) is 23.4 Å². The molecule has 1 aliphatic carbocycles. The molecule has 0 bridgehead atoms. The first-order valence-corrected chi connectivity index (χ1v) is 7.78. The lowest BCUT2D eigenvalue weighted by Gasteiger charge is -2.39. The number of aromatic nitrogens is 1. The number of nitrogens with zero attached hydrogens (tertiary/aromatic N) is 2. The van der Waals surface area contributed by atoms with Crippen LogP contribution in [0, 0.1) is 0 Å². The Bertz CT molecular complexity index is 475. The second kappa shape index (κ2) is 5.70. The van der Waals surface area contributed by atoms with Crippen LogP contribution in [0.3, 0.4) is 0 Å². The third kappa shape index (κ3) is 2.54. The van der Waals surface area contributed by atoms with Crippen molar-refractivity contribution in [1.29, 1.82) is 0 Å². The van der Waals surface area contributed by atoms with Gasteiger partial charge in [-0.1, -0.05) is 13.8 Å². The summed E-state index contributed by atoms with van der Waals surface area (Å²) < 4.78 is 5.89. The number of fused-ring (bicyclic) bond motifs is 1. The minimum Gasteiger partial charge on any atom is -0.374 e. The van der Waals surface area contributed by atoms with Crippen molar-refractivity contribution in [2.45, 2.75) is 57.7 Å². The average molecular weight is 275 g/mol. The summed E-state index contributed by atoms with van der Waals surface area (Å²) in [6.07, 6.45) is 4.07. The molecule has 1 saturated heterocycles. The van der Waals surface area contributed by atoms with Gasteiger partial charge < -0.3 is 15.4 Å². The molecule has 2 atom stereocenters. The van der Waals surface area contributed by atoms with Crippen molar-refractivity contribution in [3.8, 4) is 0 Å². The van der Waals surface area contributed by atoms with Crippen LogP contribution < -0.4 is 10.6 Å². The summed E-state index contributed by atoms with van der Waals surface area (Å²) in [5.41, 5.74) is 8.18. The summed E-state index contributed by atoms with van der Waals surface area (Å²) in [6.45, 7) is 6.70. The fraction of sp³-hybridized carbons (Fsp3) is 0.688. The Morgan fingerprint density at radius 2 is 2.25 bits per heavy atom. The fourth-order valence-corrected chi connectivity index (χ4v) is 3.37. The highest BCUT2D eigenvalue weighted by atomic mass is 16.5. The molecule has 1 aromatic rings. The molecule has 20 heavy (non-hydrogen) atoms. The maximum absolute atomic E-state index is 5.89. The van der Waals surface area contributed by atoms with Crippen LogP contribution in [0.1, 0.15) is 50.3 Å². The first-order chi connectivity index (χ1) is 9.69. The topological polar surface area (TPSA) is 51.4 Å². The van der Waals surface area contributed by atoms with Crippen LogP contribution in [0.5, 0.6) is 0 Å². The molecule has 0 radical (unpaired) electrons. The maximum Gasteiger partial charge on any atom is 0.129 e. The van der Waals surface area contributed by atoms with Crippen LogP contribution in [0.15, 0.2) is 12.1 Å². The lowest BCUT2D eigenvalue weighted by Crippen LogP contribution is -2.49. The summed E-state index contributed by atoms with van der Waals surface area (Å²) >= 11 is 0. The highest BCUT2D eigenvalue weighted by molar-refractivity contribution is 5.45. The molecular formula is C16H25N3O. The number of hydrogen-bond acceptors (Lipinski definition) is 4. The van der Waals surface area contributed by atoms with Crippen molar-refractivity contribution >= 4 is 5.82 Å². The summed E-state index contributed by atoms with van der Waals surface area (Å²) in [6, 6.07) is 4.80. The monoisotopic (exact) mass is 275 g/mol. The van der Waals surface area contributed by atoms with Crippen molar-refractivity contribution in [2.75, 3.05) is 18.1 Å². The van der Waals surface area contributed by atoms with Gasteiger partial charge in [0.1, 0.15) is 5.82 Å². The van der Waals surface area contributed by atoms with Gasteiger partial charge in [-0.15, -0.1) is 0 Å². The summed E-state index contributed by atoms with van der Waals surface area (Å²) in [5.74, 6) is 1.53. The molecule has 1 aliphatic heterocycles. The van der Waals surface area contributed by atoms with Crippen molar-refractivity contribution < 1.29 is 4.74 Å². The van der Waals surface area contributed by atoms with Gasteiger partial charge in [0.2, 0.25) is 0 Å². The standard InChI is InChI=1S/C16H25N3O/c1-11(2)13-8-12(10-17)9-16(18-13)19-6-7-20-15-5-3-4-14(15)19/h8-9,11,14-15H,3-7,10,17H2,1-2H3. The zero-order valence-electron chi connectivity index (χ0n) is 12.5. The molecule has 1 aromatic heterocycles. The van der Waals surface area contributed by atoms with E-state index in [0.717, 1.165) is 24.7 Å². The smallest absolute Gasteiger partial charge is 0.129 e. The van der Waals surface area contributed by atoms with E-state index in [1.165, 1.54) is 24.8 Å². The van der Waals surface area contributed by atoms with E-state index in [2.05, 4.69) is 30.9 Å². The summed E-state index contributed by atoms with van der Waals surface area (Å²) in [7, 11) is 0. The van der Waals surface area contributed by atoms with E-state index >= 15 is 0 Å². The SMILES string of the molecule is CC(C)c1cc(CN)cc(N2CCOC3CCCC32)n1. The van der Waals surface area contributed by atoms with Crippen LogP contribution >= 0.6 is 0 Å². The normalized spacial score (nSPS) is 26.1. The zero-order valence-corrected chi connectivity index (χ0v) is 12.5. The number of rotatable bonds is 3. The third-order valence-electron chi connectivity index (χ3n) is 4.50. The van der Waals surface area contributed by atoms with E-state index < -0.39 is 0 Å². The number of morpholine rings is 1. The molecule has 2 unspecified atom stereocenters. The summed E-state index contributed by atoms with van der Waals surface area (Å²) in [4.78, 5) is 7.33. The minimum absolute atomic E-state index is 0.398. The molecule has 4 nitrogen and oxygen atoms in total. The molecule has 2 N–H and O–H groups in total. The number of anilines is 1. The molecule has 0 spiro atoms. The molecule has 4 heteroatoms. The molecule has 1 saturated carbocycles. The Balaban J connectivity index is 1.93. The summed E-state index contributed by atoms with van der Waals surface area (Å²) in [5, 5.41) is 0. The fourth-order valence-electron chi connectivity index (χ4n) is 3.37. The quantitative estimate of drug-likeness (QED) is 0.920. The van der Waals surface area contributed by atoms with Gasteiger partial charge in [0.15, 0.2) is 0 Å². The van der Waals surface area contributed by atoms with Crippen LogP contribution in [-0.2, 0) is 11.3 Å². The van der Waals surface area contributed by atoms with Crippen molar-refractivity contribution in [2.24, 2.45) is 5.73 Å². The third-order valence-corrected chi connectivity index (χ3v) is 4.50. The Hall–Kier alpha value is -1.13. The predicted octanol–water partition coefficient (Wildman–Crippen LogP) is 2.42. The van der Waals surface area contributed by atoms with E-state index in [1.807, 2.05) is 0 Å². The van der Waals surface area contributed by atoms with E-state index in [-0.39, 0.29) is 0 Å². The van der Waals surface area contributed by atoms with Crippen molar-refractivity contribution in [1.82, 2.24) is 4.98 Å². The van der Waals surface area contributed by atoms with Gasteiger partial charge in [-0.25, -0.2) is 4.98 Å². The second-order valence-corrected chi connectivity index (χ2v) is 6.22. The Kier molecular flexibility index (Phi) is 3.94. The molecule has 2 heterocycles. The largest absolute Gasteiger partial charge is 0.374 e. The average Bonchev–Trinajstić information content (AvgIpc) is 2.94. The zero-order chi connectivity index (χ0) is 14.1. The van der Waals surface area contributed by atoms with Gasteiger partial charge in [-0.05, 0) is 42.9 Å². The maximum atomic E-state index is 5.89. The van der Waals surface area contributed by atoms with E-state index in [9.17, 15) is 0 Å². The lowest BCUT2D eigenvalue weighted by atomic mass is 10.1. The molecular weight excluding hydrogens is 250 g/mol. The minimum atomic E-state index is 0.398. The van der Waals surface area contributed by atoms with Gasteiger partial charge in [-0.2, -0.15) is 0 Å². The van der Waals surface area contributed by atoms with E-state index in [4.69, 9.17) is 15.5 Å². The van der Waals surface area contributed by atoms with Crippen LogP contribution in [0.2, 0.25) is 0 Å². The van der Waals surface area contributed by atoms with Crippen LogP contribution in [-0.4, -0.2) is 30.3 Å². The molecule has 110 valence electrons. The first-order valence-electron chi connectivity index (χ1n) is 7.78. The first kappa shape index (κ1) is 13.8. The van der Waals surface area contributed by atoms with Gasteiger partial charge in [0.25, 0.3) is 0 Å². The number of nitrogens with two attached hydrogens (primary N) is 1. The highest BCUT2D eigenvalue weighted by Gasteiger charge is 2.36. The van der Waals surface area contributed by atoms with Gasteiger partial charge in [-0.3, -0.25) is 0 Å². The van der Waals surface area contributed by atoms with Gasteiger partial charge in [0, 0.05) is 18.8 Å². The molecule has 3 rings (SSSR count). The lowest BCUT2D eigenvalue weighted by molar-refractivity contribution is 0.0253. The molecule has 2 fully saturated rings. The molecule has 0 amide bonds. The van der Waals surface area contributed by atoms with Crippen LogP contribution in [0.25, 0.3) is 0 Å². The van der Waals surface area contributed by atoms with Crippen LogP contribution in [0.4, 0.5) is 5.82 Å². The number of pyridine rings is 1. The Morgan fingerprint density at radius 3 is 3.00 bits per heavy atom. The van der Waals surface area contributed by atoms with E-state index in [1.54, 1.807) is 0 Å². The van der Waals surface area contributed by atoms with E-state index in [0.29, 0.717) is 24.6 Å². The van der Waals surface area contributed by atoms with Gasteiger partial charge in [0.05, 0.1) is 18.8 Å². The number of ether oxygens (including phenoxy) is 1. The highest BCUT2D eigenvalue weighted by Crippen LogP contribution is 2.33. The second-order valence-electron chi connectivity index (χ2n) is 6.22.